The summed E-state index contributed by atoms with van der Waals surface area (Å²) in [5.74, 6) is -0.392. The molecule has 0 aromatic carbocycles. The topological polar surface area (TPSA) is 79.7 Å². The molecule has 1 aromatic rings. The van der Waals surface area contributed by atoms with Gasteiger partial charge in [0, 0.05) is 17.9 Å². The number of carbonyl (C=O) groups is 1. The Balaban J connectivity index is 2.78. The Hall–Kier alpha value is -1.40. The lowest BCUT2D eigenvalue weighted by atomic mass is 9.81. The Morgan fingerprint density at radius 1 is 1.57 bits per heavy atom. The summed E-state index contributed by atoms with van der Waals surface area (Å²) in [6.07, 6.45) is 2.87. The molecule has 1 rings (SSSR count). The number of aromatic nitrogens is 1. The maximum Gasteiger partial charge on any atom is 0.490 e. The lowest BCUT2D eigenvalue weighted by Gasteiger charge is -2.02. The van der Waals surface area contributed by atoms with Gasteiger partial charge in [-0.25, -0.2) is 0 Å². The van der Waals surface area contributed by atoms with Crippen molar-refractivity contribution in [1.82, 2.24) is 4.98 Å². The molecule has 0 atom stereocenters. The molecule has 0 aliphatic rings. The molecule has 0 saturated heterocycles. The number of hydrogen-bond donors (Lipinski definition) is 2. The average molecular weight is 195 g/mol. The fourth-order valence-electron chi connectivity index (χ4n) is 0.984. The summed E-state index contributed by atoms with van der Waals surface area (Å²) >= 11 is 0. The average Bonchev–Trinajstić information content (AvgIpc) is 2.18. The van der Waals surface area contributed by atoms with Gasteiger partial charge in [0.15, 0.2) is 0 Å². The number of rotatable bonds is 3. The van der Waals surface area contributed by atoms with Crippen LogP contribution in [-0.2, 0) is 16.0 Å². The molecule has 0 amide bonds. The van der Waals surface area contributed by atoms with Crippen LogP contribution in [0.1, 0.15) is 5.56 Å². The molecule has 0 aliphatic carbocycles. The first-order valence-electron chi connectivity index (χ1n) is 4.00. The molecule has 5 nitrogen and oxygen atoms in total. The summed E-state index contributed by atoms with van der Waals surface area (Å²) in [6, 6.07) is 1.49. The lowest BCUT2D eigenvalue weighted by Crippen LogP contribution is -2.30. The second-order valence-corrected chi connectivity index (χ2v) is 2.75. The summed E-state index contributed by atoms with van der Waals surface area (Å²) in [4.78, 5) is 14.7. The predicted octanol–water partition coefficient (Wildman–Crippen LogP) is -1.52. The van der Waals surface area contributed by atoms with E-state index in [2.05, 4.69) is 9.72 Å². The minimum Gasteiger partial charge on any atom is -0.469 e. The molecule has 0 radical (unpaired) electrons. The first-order chi connectivity index (χ1) is 6.63. The van der Waals surface area contributed by atoms with E-state index in [9.17, 15) is 4.79 Å². The fraction of sp³-hybridized carbons (Fsp3) is 0.250. The van der Waals surface area contributed by atoms with E-state index in [4.69, 9.17) is 10.0 Å². The number of methoxy groups -OCH3 is 1. The summed E-state index contributed by atoms with van der Waals surface area (Å²) < 4.78 is 4.46. The van der Waals surface area contributed by atoms with Crippen molar-refractivity contribution >= 4 is 18.6 Å². The van der Waals surface area contributed by atoms with Crippen LogP contribution in [0.4, 0.5) is 0 Å². The highest BCUT2D eigenvalue weighted by atomic mass is 16.5. The van der Waals surface area contributed by atoms with Crippen LogP contribution in [0, 0.1) is 0 Å². The molecule has 0 spiro atoms. The van der Waals surface area contributed by atoms with Crippen LogP contribution in [0.3, 0.4) is 0 Å². The van der Waals surface area contributed by atoms with Gasteiger partial charge in [-0.2, -0.15) is 0 Å². The van der Waals surface area contributed by atoms with Crippen molar-refractivity contribution in [1.29, 1.82) is 0 Å². The number of pyridine rings is 1. The zero-order valence-electron chi connectivity index (χ0n) is 7.67. The standard InChI is InChI=1S/C8H10BNO4/c1-14-8(11)3-6-2-7(9(12)13)5-10-4-6/h2,4-5,12-13H,3H2,1H3. The smallest absolute Gasteiger partial charge is 0.469 e. The Bertz CT molecular complexity index is 329. The minimum absolute atomic E-state index is 0.0735. The Labute approximate surface area is 81.5 Å². The first kappa shape index (κ1) is 10.7. The Kier molecular flexibility index (Phi) is 3.61. The maximum atomic E-state index is 10.9. The molecule has 1 aromatic heterocycles. The zero-order chi connectivity index (χ0) is 10.6. The van der Waals surface area contributed by atoms with Gasteiger partial charge >= 0.3 is 13.1 Å². The van der Waals surface area contributed by atoms with E-state index >= 15 is 0 Å². The normalized spacial score (nSPS) is 9.64. The van der Waals surface area contributed by atoms with Crippen LogP contribution in [-0.4, -0.2) is 35.2 Å². The summed E-state index contributed by atoms with van der Waals surface area (Å²) in [5, 5.41) is 17.7. The van der Waals surface area contributed by atoms with Crippen LogP contribution in [0.2, 0.25) is 0 Å². The van der Waals surface area contributed by atoms with Crippen LogP contribution in [0.25, 0.3) is 0 Å². The first-order valence-corrected chi connectivity index (χ1v) is 4.00. The number of hydrogen-bond acceptors (Lipinski definition) is 5. The van der Waals surface area contributed by atoms with E-state index in [1.165, 1.54) is 25.6 Å². The molecular weight excluding hydrogens is 185 g/mol. The van der Waals surface area contributed by atoms with Gasteiger partial charge in [0.2, 0.25) is 0 Å². The van der Waals surface area contributed by atoms with Gasteiger partial charge in [0.25, 0.3) is 0 Å². The van der Waals surface area contributed by atoms with E-state index < -0.39 is 13.1 Å². The van der Waals surface area contributed by atoms with Crippen molar-refractivity contribution in [3.05, 3.63) is 24.0 Å². The predicted molar refractivity (Wildman–Crippen MR) is 49.8 cm³/mol. The van der Waals surface area contributed by atoms with Gasteiger partial charge in [0.05, 0.1) is 13.5 Å². The second kappa shape index (κ2) is 4.73. The van der Waals surface area contributed by atoms with Crippen molar-refractivity contribution in [2.45, 2.75) is 6.42 Å². The third-order valence-electron chi connectivity index (χ3n) is 1.69. The van der Waals surface area contributed by atoms with Gasteiger partial charge in [-0.05, 0) is 5.56 Å². The zero-order valence-corrected chi connectivity index (χ0v) is 7.67. The quantitative estimate of drug-likeness (QED) is 0.452. The van der Waals surface area contributed by atoms with Gasteiger partial charge in [0.1, 0.15) is 0 Å². The maximum absolute atomic E-state index is 10.9. The fourth-order valence-corrected chi connectivity index (χ4v) is 0.984. The molecule has 0 bridgehead atoms. The molecule has 14 heavy (non-hydrogen) atoms. The molecule has 2 N–H and O–H groups in total. The Morgan fingerprint density at radius 2 is 2.29 bits per heavy atom. The van der Waals surface area contributed by atoms with Crippen molar-refractivity contribution in [3.63, 3.8) is 0 Å². The van der Waals surface area contributed by atoms with Gasteiger partial charge < -0.3 is 14.8 Å². The van der Waals surface area contributed by atoms with E-state index in [1.807, 2.05) is 0 Å². The molecule has 74 valence electrons. The SMILES string of the molecule is COC(=O)Cc1cncc(B(O)O)c1. The van der Waals surface area contributed by atoms with Gasteiger partial charge in [-0.3, -0.25) is 9.78 Å². The summed E-state index contributed by atoms with van der Waals surface area (Å²) in [7, 11) is -0.277. The highest BCUT2D eigenvalue weighted by molar-refractivity contribution is 6.58. The van der Waals surface area contributed by atoms with E-state index in [0.717, 1.165) is 0 Å². The molecule has 0 fully saturated rings. The van der Waals surface area contributed by atoms with E-state index in [-0.39, 0.29) is 11.9 Å². The molecule has 0 saturated carbocycles. The number of esters is 1. The summed E-state index contributed by atoms with van der Waals surface area (Å²) in [5.41, 5.74) is 0.842. The molecule has 6 heteroatoms. The van der Waals surface area contributed by atoms with Crippen LogP contribution in [0.15, 0.2) is 18.5 Å². The van der Waals surface area contributed by atoms with Crippen molar-refractivity contribution in [2.75, 3.05) is 7.11 Å². The number of carbonyl (C=O) groups excluding carboxylic acids is 1. The molecule has 1 heterocycles. The van der Waals surface area contributed by atoms with Crippen molar-refractivity contribution < 1.29 is 19.6 Å². The number of ether oxygens (including phenoxy) is 1. The largest absolute Gasteiger partial charge is 0.490 e. The van der Waals surface area contributed by atoms with Crippen LogP contribution < -0.4 is 5.46 Å². The molecular formula is C8H10BNO4. The third-order valence-corrected chi connectivity index (χ3v) is 1.69. The molecule has 0 unspecified atom stereocenters. The van der Waals surface area contributed by atoms with Crippen molar-refractivity contribution in [3.8, 4) is 0 Å². The number of nitrogens with zero attached hydrogens (tertiary/aromatic N) is 1. The molecule has 0 aliphatic heterocycles. The van der Waals surface area contributed by atoms with Crippen LogP contribution in [0.5, 0.6) is 0 Å². The monoisotopic (exact) mass is 195 g/mol. The Morgan fingerprint density at radius 3 is 2.86 bits per heavy atom. The highest BCUT2D eigenvalue weighted by Crippen LogP contribution is 1.97. The summed E-state index contributed by atoms with van der Waals surface area (Å²) in [6.45, 7) is 0. The third kappa shape index (κ3) is 2.83. The van der Waals surface area contributed by atoms with Crippen molar-refractivity contribution in [2.24, 2.45) is 0 Å². The van der Waals surface area contributed by atoms with Gasteiger partial charge in [-0.15, -0.1) is 0 Å². The lowest BCUT2D eigenvalue weighted by molar-refractivity contribution is -0.139. The van der Waals surface area contributed by atoms with E-state index in [0.29, 0.717) is 5.56 Å². The highest BCUT2D eigenvalue weighted by Gasteiger charge is 2.12. The second-order valence-electron chi connectivity index (χ2n) is 2.75. The van der Waals surface area contributed by atoms with Crippen LogP contribution >= 0.6 is 0 Å². The van der Waals surface area contributed by atoms with E-state index in [1.54, 1.807) is 0 Å². The van der Waals surface area contributed by atoms with Gasteiger partial charge in [-0.1, -0.05) is 6.07 Å². The minimum atomic E-state index is -1.57.